The molecule has 2 bridgehead atoms. The highest BCUT2D eigenvalue weighted by Crippen LogP contribution is 2.59. The maximum atomic E-state index is 13.9. The van der Waals surface area contributed by atoms with E-state index in [1.165, 1.54) is 35.3 Å². The molecule has 3 aliphatic rings. The highest BCUT2D eigenvalue weighted by molar-refractivity contribution is 6.34. The topological polar surface area (TPSA) is 63.7 Å². The molecular formula is C32H26ClNO4. The molecule has 0 spiro atoms. The van der Waals surface area contributed by atoms with Crippen molar-refractivity contribution in [2.75, 3.05) is 12.0 Å². The minimum Gasteiger partial charge on any atom is -0.465 e. The van der Waals surface area contributed by atoms with Gasteiger partial charge in [-0.15, -0.1) is 0 Å². The van der Waals surface area contributed by atoms with Gasteiger partial charge in [-0.1, -0.05) is 83.4 Å². The molecule has 3 aromatic carbocycles. The molecule has 2 aliphatic carbocycles. The third-order valence-electron chi connectivity index (χ3n) is 8.00. The van der Waals surface area contributed by atoms with Gasteiger partial charge >= 0.3 is 5.97 Å². The van der Waals surface area contributed by atoms with Gasteiger partial charge in [-0.3, -0.25) is 9.59 Å². The predicted molar refractivity (Wildman–Crippen MR) is 147 cm³/mol. The Balaban J connectivity index is 1.45. The summed E-state index contributed by atoms with van der Waals surface area (Å²) in [7, 11) is 1.26. The zero-order valence-corrected chi connectivity index (χ0v) is 22.0. The average molecular weight is 524 g/mol. The van der Waals surface area contributed by atoms with Crippen molar-refractivity contribution in [3.05, 3.63) is 117 Å². The van der Waals surface area contributed by atoms with Crippen molar-refractivity contribution < 1.29 is 19.1 Å². The summed E-state index contributed by atoms with van der Waals surface area (Å²) in [6.07, 6.45) is 4.17. The highest BCUT2D eigenvalue weighted by atomic mass is 35.5. The lowest BCUT2D eigenvalue weighted by atomic mass is 9.85. The zero-order valence-electron chi connectivity index (χ0n) is 21.3. The Kier molecular flexibility index (Phi) is 5.84. The number of hydrogen-bond donors (Lipinski definition) is 0. The molecule has 4 atom stereocenters. The SMILES string of the molecule is COC(=O)c1cc(N2C(=O)[C@@H]3[C@H](C2=O)[C@H]2C=C[C@H]3C2=C(c2ccc(C)cc2)c2ccc(C)cc2)ccc1Cl. The summed E-state index contributed by atoms with van der Waals surface area (Å²) in [4.78, 5) is 41.1. The molecule has 3 aromatic rings. The molecule has 0 radical (unpaired) electrons. The lowest BCUT2D eigenvalue weighted by Crippen LogP contribution is -2.33. The van der Waals surface area contributed by atoms with Crippen molar-refractivity contribution in [3.8, 4) is 0 Å². The summed E-state index contributed by atoms with van der Waals surface area (Å²) in [5, 5.41) is 0.202. The summed E-state index contributed by atoms with van der Waals surface area (Å²) in [5.74, 6) is -2.47. The number of hydrogen-bond acceptors (Lipinski definition) is 4. The number of anilines is 1. The Hall–Kier alpha value is -3.96. The number of methoxy groups -OCH3 is 1. The molecule has 2 fully saturated rings. The number of carbonyl (C=O) groups is 3. The fourth-order valence-electron chi connectivity index (χ4n) is 6.21. The van der Waals surface area contributed by atoms with E-state index in [1.807, 2.05) is 0 Å². The minimum absolute atomic E-state index is 0.118. The summed E-state index contributed by atoms with van der Waals surface area (Å²) in [5.41, 5.74) is 7.15. The number of fused-ring (bicyclic) bond motifs is 5. The molecule has 1 heterocycles. The second kappa shape index (κ2) is 9.10. The molecule has 6 heteroatoms. The Morgan fingerprint density at radius 2 is 1.29 bits per heavy atom. The Bertz CT molecular complexity index is 1470. The largest absolute Gasteiger partial charge is 0.465 e. The number of ether oxygens (including phenoxy) is 1. The van der Waals surface area contributed by atoms with Crippen molar-refractivity contribution in [2.24, 2.45) is 23.7 Å². The van der Waals surface area contributed by atoms with E-state index < -0.39 is 17.8 Å². The number of carbonyl (C=O) groups excluding carboxylic acids is 3. The van der Waals surface area contributed by atoms with E-state index >= 15 is 0 Å². The molecule has 1 saturated heterocycles. The van der Waals surface area contributed by atoms with Crippen molar-refractivity contribution in [1.82, 2.24) is 0 Å². The van der Waals surface area contributed by atoms with E-state index in [9.17, 15) is 14.4 Å². The molecule has 38 heavy (non-hydrogen) atoms. The van der Waals surface area contributed by atoms with Gasteiger partial charge in [0.1, 0.15) is 0 Å². The summed E-state index contributed by atoms with van der Waals surface area (Å²) >= 11 is 6.19. The number of amides is 2. The molecular weight excluding hydrogens is 498 g/mol. The second-order valence-electron chi connectivity index (χ2n) is 10.2. The molecule has 2 amide bonds. The fraction of sp³-hybridized carbons (Fsp3) is 0.219. The van der Waals surface area contributed by atoms with Crippen molar-refractivity contribution >= 4 is 40.6 Å². The first kappa shape index (κ1) is 24.4. The maximum Gasteiger partial charge on any atom is 0.339 e. The third kappa shape index (κ3) is 3.64. The standard InChI is InChI=1S/C32H26ClNO4/c1-17-4-8-19(9-5-17)26(20-10-6-18(2)7-11-20)27-22-13-14-23(27)29-28(22)30(35)34(31(29)36)21-12-15-25(33)24(16-21)32(37)38-3/h4-16,22-23,28-29H,1-3H3/t22-,23-,28-,29+/m0/s1. The van der Waals surface area contributed by atoms with Crippen molar-refractivity contribution in [1.29, 1.82) is 0 Å². The van der Waals surface area contributed by atoms with Gasteiger partial charge in [-0.2, -0.15) is 0 Å². The highest BCUT2D eigenvalue weighted by Gasteiger charge is 2.62. The summed E-state index contributed by atoms with van der Waals surface area (Å²) in [6, 6.07) is 21.4. The predicted octanol–water partition coefficient (Wildman–Crippen LogP) is 6.17. The second-order valence-corrected chi connectivity index (χ2v) is 10.6. The molecule has 0 N–H and O–H groups in total. The van der Waals surface area contributed by atoms with Crippen LogP contribution in [-0.2, 0) is 14.3 Å². The van der Waals surface area contributed by atoms with Crippen LogP contribution in [0.5, 0.6) is 0 Å². The number of benzene rings is 3. The Labute approximate surface area is 226 Å². The monoisotopic (exact) mass is 523 g/mol. The van der Waals surface area contributed by atoms with Crippen LogP contribution in [0.25, 0.3) is 5.57 Å². The quantitative estimate of drug-likeness (QED) is 0.233. The van der Waals surface area contributed by atoms with Gasteiger partial charge in [-0.05, 0) is 54.3 Å². The van der Waals surface area contributed by atoms with Gasteiger partial charge < -0.3 is 4.74 Å². The van der Waals surface area contributed by atoms with E-state index in [0.717, 1.165) is 22.3 Å². The average Bonchev–Trinajstić information content (AvgIpc) is 3.55. The maximum absolute atomic E-state index is 13.9. The fourth-order valence-corrected chi connectivity index (χ4v) is 6.40. The third-order valence-corrected chi connectivity index (χ3v) is 8.33. The molecule has 6 rings (SSSR count). The first-order valence-corrected chi connectivity index (χ1v) is 13.0. The number of rotatable bonds is 4. The van der Waals surface area contributed by atoms with Crippen LogP contribution >= 0.6 is 11.6 Å². The normalized spacial score (nSPS) is 23.3. The number of imide groups is 1. The zero-order chi connectivity index (χ0) is 26.7. The smallest absolute Gasteiger partial charge is 0.339 e. The summed E-state index contributed by atoms with van der Waals surface area (Å²) in [6.45, 7) is 4.12. The molecule has 0 aromatic heterocycles. The van der Waals surface area contributed by atoms with Crippen LogP contribution < -0.4 is 4.90 Å². The van der Waals surface area contributed by atoms with Crippen LogP contribution in [0.1, 0.15) is 32.6 Å². The van der Waals surface area contributed by atoms with E-state index in [1.54, 1.807) is 6.07 Å². The van der Waals surface area contributed by atoms with Crippen LogP contribution in [0.2, 0.25) is 5.02 Å². The van der Waals surface area contributed by atoms with Gasteiger partial charge in [0, 0.05) is 11.8 Å². The van der Waals surface area contributed by atoms with Crippen LogP contribution in [0.4, 0.5) is 5.69 Å². The van der Waals surface area contributed by atoms with E-state index in [-0.39, 0.29) is 34.2 Å². The Morgan fingerprint density at radius 1 is 0.789 bits per heavy atom. The molecule has 1 saturated carbocycles. The number of esters is 1. The molecule has 190 valence electrons. The van der Waals surface area contributed by atoms with Crippen LogP contribution in [0.15, 0.2) is 84.5 Å². The van der Waals surface area contributed by atoms with E-state index in [2.05, 4.69) is 74.5 Å². The van der Waals surface area contributed by atoms with E-state index in [0.29, 0.717) is 5.69 Å². The lowest BCUT2D eigenvalue weighted by molar-refractivity contribution is -0.122. The van der Waals surface area contributed by atoms with Crippen LogP contribution in [-0.4, -0.2) is 24.9 Å². The first-order valence-electron chi connectivity index (χ1n) is 12.6. The number of aryl methyl sites for hydroxylation is 2. The number of nitrogens with zero attached hydrogens (tertiary/aromatic N) is 1. The molecule has 5 nitrogen and oxygen atoms in total. The lowest BCUT2D eigenvalue weighted by Gasteiger charge is -2.22. The van der Waals surface area contributed by atoms with Gasteiger partial charge in [0.25, 0.3) is 0 Å². The van der Waals surface area contributed by atoms with Crippen molar-refractivity contribution in [2.45, 2.75) is 13.8 Å². The number of allylic oxidation sites excluding steroid dienone is 3. The minimum atomic E-state index is -0.621. The van der Waals surface area contributed by atoms with Gasteiger partial charge in [0.05, 0.1) is 35.2 Å². The molecule has 0 unspecified atom stereocenters. The molecule has 1 aliphatic heterocycles. The number of halogens is 1. The van der Waals surface area contributed by atoms with Gasteiger partial charge in [-0.25, -0.2) is 9.69 Å². The van der Waals surface area contributed by atoms with E-state index in [4.69, 9.17) is 16.3 Å². The summed E-state index contributed by atoms with van der Waals surface area (Å²) < 4.78 is 4.82. The Morgan fingerprint density at radius 3 is 1.76 bits per heavy atom. The first-order chi connectivity index (χ1) is 18.3. The van der Waals surface area contributed by atoms with Gasteiger partial charge in [0.15, 0.2) is 0 Å². The van der Waals surface area contributed by atoms with Crippen LogP contribution in [0, 0.1) is 37.5 Å². The van der Waals surface area contributed by atoms with Gasteiger partial charge in [0.2, 0.25) is 11.8 Å². The van der Waals surface area contributed by atoms with Crippen LogP contribution in [0.3, 0.4) is 0 Å². The van der Waals surface area contributed by atoms with Crippen molar-refractivity contribution in [3.63, 3.8) is 0 Å².